The molecule has 0 aliphatic heterocycles. The van der Waals surface area contributed by atoms with Gasteiger partial charge in [-0.05, 0) is 91.9 Å². The number of rotatable bonds is 13. The Morgan fingerprint density at radius 1 is 0.768 bits per heavy atom. The summed E-state index contributed by atoms with van der Waals surface area (Å²) in [6, 6.07) is 24.7. The molecule has 0 atom stereocenters. The monoisotopic (exact) mass is 894 g/mol. The predicted molar refractivity (Wildman–Crippen MR) is 224 cm³/mol. The van der Waals surface area contributed by atoms with Crippen LogP contribution in [-0.2, 0) is 25.7 Å². The highest BCUT2D eigenvalue weighted by molar-refractivity contribution is 9.10. The number of halogens is 2. The average molecular weight is 897 g/mol. The fourth-order valence-electron chi connectivity index (χ4n) is 4.89. The third-order valence-corrected chi connectivity index (χ3v) is 8.61. The van der Waals surface area contributed by atoms with E-state index in [1.54, 1.807) is 42.9 Å². The number of nitrogens with one attached hydrogen (secondary N) is 3. The molecule has 5 aromatic rings. The molecule has 0 fully saturated rings. The van der Waals surface area contributed by atoms with Gasteiger partial charge in [0.05, 0.1) is 43.2 Å². The molecule has 2 amide bonds. The number of ketones is 1. The molecular weight excluding hydrogens is 852 g/mol. The van der Waals surface area contributed by atoms with Crippen LogP contribution in [0.2, 0.25) is 0 Å². The van der Waals surface area contributed by atoms with Crippen LogP contribution >= 0.6 is 31.9 Å². The highest BCUT2D eigenvalue weighted by atomic mass is 79.9. The number of nitrogens with two attached hydrogens (primary N) is 1. The van der Waals surface area contributed by atoms with Gasteiger partial charge in [-0.15, -0.1) is 0 Å². The summed E-state index contributed by atoms with van der Waals surface area (Å²) < 4.78 is 18.2. The summed E-state index contributed by atoms with van der Waals surface area (Å²) in [4.78, 5) is 61.9. The molecule has 0 saturated heterocycles. The summed E-state index contributed by atoms with van der Waals surface area (Å²) in [6.07, 6.45) is 0. The molecule has 0 saturated carbocycles. The number of ether oxygens (including phenoxy) is 3. The van der Waals surface area contributed by atoms with Gasteiger partial charge in [-0.1, -0.05) is 31.9 Å². The van der Waals surface area contributed by atoms with Crippen molar-refractivity contribution in [3.05, 3.63) is 110 Å². The van der Waals surface area contributed by atoms with Gasteiger partial charge in [0.1, 0.15) is 17.2 Å². The van der Waals surface area contributed by atoms with Crippen molar-refractivity contribution in [2.75, 3.05) is 51.5 Å². The smallest absolute Gasteiger partial charge is 0.379 e. The SMILES string of the molecule is CC(=O)NCCNc1cc(Br)ccc1N.CCOC(=O)C(=O)c1ccc(OC)cc1.COc1ccc(-c2nc3ccc(Br)cc3n(CCNC(C)=O)c2=O)cc1. The minimum absolute atomic E-state index is 0.0287. The van der Waals surface area contributed by atoms with Gasteiger partial charge >= 0.3 is 5.97 Å². The first-order valence-corrected chi connectivity index (χ1v) is 18.8. The minimum Gasteiger partial charge on any atom is -0.497 e. The topological polar surface area (TPSA) is 193 Å². The quantitative estimate of drug-likeness (QED) is 0.0357. The summed E-state index contributed by atoms with van der Waals surface area (Å²) in [5.41, 5.74) is 9.93. The van der Waals surface area contributed by atoms with E-state index in [4.69, 9.17) is 15.2 Å². The van der Waals surface area contributed by atoms with E-state index < -0.39 is 11.8 Å². The summed E-state index contributed by atoms with van der Waals surface area (Å²) >= 11 is 6.80. The molecule has 56 heavy (non-hydrogen) atoms. The number of methoxy groups -OCH3 is 2. The summed E-state index contributed by atoms with van der Waals surface area (Å²) in [5, 5.41) is 8.56. The molecule has 1 aromatic heterocycles. The molecule has 1 heterocycles. The van der Waals surface area contributed by atoms with Crippen molar-refractivity contribution in [2.24, 2.45) is 0 Å². The molecule has 0 radical (unpaired) electrons. The van der Waals surface area contributed by atoms with E-state index in [1.807, 2.05) is 48.5 Å². The molecule has 0 unspecified atom stereocenters. The van der Waals surface area contributed by atoms with Crippen molar-refractivity contribution in [2.45, 2.75) is 27.3 Å². The van der Waals surface area contributed by atoms with E-state index in [-0.39, 0.29) is 24.0 Å². The van der Waals surface area contributed by atoms with Crippen molar-refractivity contribution in [1.82, 2.24) is 20.2 Å². The highest BCUT2D eigenvalue weighted by Gasteiger charge is 2.17. The Labute approximate surface area is 341 Å². The predicted octanol–water partition coefficient (Wildman–Crippen LogP) is 5.99. The summed E-state index contributed by atoms with van der Waals surface area (Å²) in [6.45, 7) is 6.75. The standard InChI is InChI=1S/C19H18BrN3O3.C11H12O4.C10H14BrN3O/c1-12(24)21-9-10-23-17-11-14(20)5-8-16(17)22-18(19(23)25)13-3-6-15(26-2)7-4-13;1-3-15-11(13)10(12)8-4-6-9(14-2)7-5-8;1-7(15)13-4-5-14-10-6-8(11)2-3-9(10)12/h3-8,11H,9-10H2,1-2H3,(H,21,24);4-7H,3H2,1-2H3;2-3,6,14H,4-5,12H2,1H3,(H,13,15). The average Bonchev–Trinajstić information content (AvgIpc) is 3.18. The second kappa shape index (κ2) is 22.6. The molecule has 4 aromatic carbocycles. The van der Waals surface area contributed by atoms with E-state index in [0.29, 0.717) is 71.2 Å². The molecule has 0 spiro atoms. The zero-order valence-electron chi connectivity index (χ0n) is 31.6. The number of benzene rings is 4. The minimum atomic E-state index is -0.831. The van der Waals surface area contributed by atoms with Crippen LogP contribution in [0, 0.1) is 0 Å². The van der Waals surface area contributed by atoms with Crippen LogP contribution in [0.1, 0.15) is 31.1 Å². The first-order valence-electron chi connectivity index (χ1n) is 17.3. The number of nitrogen functional groups attached to an aromatic ring is 1. The zero-order valence-corrected chi connectivity index (χ0v) is 34.8. The Bertz CT molecular complexity index is 2180. The maximum Gasteiger partial charge on any atom is 0.379 e. The van der Waals surface area contributed by atoms with E-state index in [2.05, 4.69) is 57.5 Å². The van der Waals surface area contributed by atoms with Crippen LogP contribution in [0.3, 0.4) is 0 Å². The fraction of sp³-hybridized carbons (Fsp3) is 0.250. The van der Waals surface area contributed by atoms with Crippen LogP contribution < -0.4 is 36.7 Å². The molecule has 5 rings (SSSR count). The summed E-state index contributed by atoms with van der Waals surface area (Å²) in [5.74, 6) is -0.283. The van der Waals surface area contributed by atoms with E-state index >= 15 is 0 Å². The van der Waals surface area contributed by atoms with Crippen molar-refractivity contribution < 1.29 is 33.4 Å². The second-order valence-electron chi connectivity index (χ2n) is 11.7. The lowest BCUT2D eigenvalue weighted by Gasteiger charge is -2.13. The molecule has 14 nitrogen and oxygen atoms in total. The van der Waals surface area contributed by atoms with Gasteiger partial charge in [0.25, 0.3) is 11.3 Å². The van der Waals surface area contributed by atoms with Gasteiger partial charge in [-0.25, -0.2) is 9.78 Å². The van der Waals surface area contributed by atoms with Crippen molar-refractivity contribution >= 4 is 77.8 Å². The summed E-state index contributed by atoms with van der Waals surface area (Å²) in [7, 11) is 3.12. The number of anilines is 2. The number of Topliss-reactive ketones (excluding diaryl/α,β-unsaturated/α-hetero) is 1. The Morgan fingerprint density at radius 3 is 1.93 bits per heavy atom. The number of carbonyl (C=O) groups excluding carboxylic acids is 4. The highest BCUT2D eigenvalue weighted by Crippen LogP contribution is 2.24. The van der Waals surface area contributed by atoms with Crippen LogP contribution in [0.5, 0.6) is 11.5 Å². The van der Waals surface area contributed by atoms with E-state index in [0.717, 1.165) is 14.6 Å². The molecule has 16 heteroatoms. The number of nitrogens with zero attached hydrogens (tertiary/aromatic N) is 2. The van der Waals surface area contributed by atoms with Gasteiger partial charge in [-0.3, -0.25) is 19.2 Å². The maximum absolute atomic E-state index is 13.1. The van der Waals surface area contributed by atoms with Gasteiger partial charge in [-0.2, -0.15) is 0 Å². The van der Waals surface area contributed by atoms with Gasteiger partial charge < -0.3 is 40.5 Å². The molecule has 0 aliphatic rings. The zero-order chi connectivity index (χ0) is 41.2. The normalized spacial score (nSPS) is 10.1. The molecule has 0 aliphatic carbocycles. The Hall–Kier alpha value is -5.74. The van der Waals surface area contributed by atoms with Gasteiger partial charge in [0.2, 0.25) is 11.8 Å². The number of fused-ring (bicyclic) bond motifs is 1. The fourth-order valence-corrected chi connectivity index (χ4v) is 5.60. The number of hydrogen-bond donors (Lipinski definition) is 4. The van der Waals surface area contributed by atoms with E-state index in [1.165, 1.54) is 33.1 Å². The third kappa shape index (κ3) is 13.8. The molecule has 5 N–H and O–H groups in total. The number of esters is 1. The van der Waals surface area contributed by atoms with Crippen LogP contribution in [-0.4, -0.2) is 73.6 Å². The van der Waals surface area contributed by atoms with Crippen molar-refractivity contribution in [1.29, 1.82) is 0 Å². The first kappa shape index (κ1) is 44.7. The number of amides is 2. The molecule has 296 valence electrons. The number of hydrogen-bond acceptors (Lipinski definition) is 11. The maximum atomic E-state index is 13.1. The third-order valence-electron chi connectivity index (χ3n) is 7.62. The number of carbonyl (C=O) groups is 4. The van der Waals surface area contributed by atoms with Gasteiger partial charge in [0.15, 0.2) is 0 Å². The lowest BCUT2D eigenvalue weighted by molar-refractivity contribution is -0.137. The van der Waals surface area contributed by atoms with Crippen LogP contribution in [0.15, 0.2) is 98.7 Å². The van der Waals surface area contributed by atoms with Crippen LogP contribution in [0.4, 0.5) is 11.4 Å². The lowest BCUT2D eigenvalue weighted by Crippen LogP contribution is -2.30. The number of aromatic nitrogens is 2. The van der Waals surface area contributed by atoms with Crippen LogP contribution in [0.25, 0.3) is 22.3 Å². The molecular formula is C40H44Br2N6O8. The molecule has 0 bridgehead atoms. The van der Waals surface area contributed by atoms with Crippen molar-refractivity contribution in [3.63, 3.8) is 0 Å². The van der Waals surface area contributed by atoms with Gasteiger partial charge in [0, 0.05) is 60.1 Å². The Morgan fingerprint density at radius 2 is 1.34 bits per heavy atom. The second-order valence-corrected chi connectivity index (χ2v) is 13.5. The lowest BCUT2D eigenvalue weighted by atomic mass is 10.1. The largest absolute Gasteiger partial charge is 0.497 e. The Balaban J connectivity index is 0.000000241. The van der Waals surface area contributed by atoms with Crippen molar-refractivity contribution in [3.8, 4) is 22.8 Å². The van der Waals surface area contributed by atoms with E-state index in [9.17, 15) is 24.0 Å². The first-order chi connectivity index (χ1) is 26.8. The Kier molecular flexibility index (Phi) is 18.0.